The van der Waals surface area contributed by atoms with E-state index in [0.29, 0.717) is 41.6 Å². The minimum Gasteiger partial charge on any atom is -0.507 e. The molecule has 7 heteroatoms. The Morgan fingerprint density at radius 1 is 1.06 bits per heavy atom. The molecular weight excluding hydrogens is 434 g/mol. The molecule has 34 heavy (non-hydrogen) atoms. The van der Waals surface area contributed by atoms with E-state index in [0.717, 1.165) is 0 Å². The largest absolute Gasteiger partial charge is 0.507 e. The third-order valence-electron chi connectivity index (χ3n) is 5.45. The fourth-order valence-electron chi connectivity index (χ4n) is 3.89. The van der Waals surface area contributed by atoms with Crippen LogP contribution in [0.1, 0.15) is 29.9 Å². The number of aliphatic hydroxyl groups is 1. The monoisotopic (exact) mass is 459 g/mol. The Morgan fingerprint density at radius 2 is 1.74 bits per heavy atom. The molecule has 0 bridgehead atoms. The van der Waals surface area contributed by atoms with Gasteiger partial charge >= 0.3 is 0 Å². The van der Waals surface area contributed by atoms with Crippen molar-refractivity contribution < 1.29 is 28.6 Å². The maximum Gasteiger partial charge on any atom is 0.296 e. The molecule has 1 aromatic heterocycles. The lowest BCUT2D eigenvalue weighted by Gasteiger charge is -2.24. The summed E-state index contributed by atoms with van der Waals surface area (Å²) in [5.74, 6) is 0.0807. The van der Waals surface area contributed by atoms with Gasteiger partial charge in [0.1, 0.15) is 29.6 Å². The summed E-state index contributed by atoms with van der Waals surface area (Å²) in [7, 11) is 0. The van der Waals surface area contributed by atoms with Crippen molar-refractivity contribution in [2.75, 3.05) is 13.2 Å². The maximum atomic E-state index is 13.1. The first-order valence-electron chi connectivity index (χ1n) is 10.9. The molecule has 2 aromatic carbocycles. The maximum absolute atomic E-state index is 13.1. The van der Waals surface area contributed by atoms with Gasteiger partial charge < -0.3 is 23.9 Å². The van der Waals surface area contributed by atoms with Crippen LogP contribution in [0, 0.1) is 0 Å². The van der Waals surface area contributed by atoms with Crippen LogP contribution in [0.4, 0.5) is 0 Å². The van der Waals surface area contributed by atoms with Gasteiger partial charge in [0.05, 0.1) is 31.0 Å². The number of rotatable bonds is 9. The number of furan rings is 1. The summed E-state index contributed by atoms with van der Waals surface area (Å²) in [5, 5.41) is 11.2. The van der Waals surface area contributed by atoms with E-state index in [1.54, 1.807) is 66.7 Å². The van der Waals surface area contributed by atoms with Crippen LogP contribution in [0.15, 0.2) is 89.6 Å². The van der Waals surface area contributed by atoms with Gasteiger partial charge in [-0.3, -0.25) is 9.59 Å². The molecule has 1 amide bonds. The average Bonchev–Trinajstić information content (AvgIpc) is 3.46. The molecule has 0 spiro atoms. The molecule has 0 saturated carbocycles. The molecule has 7 nitrogen and oxygen atoms in total. The van der Waals surface area contributed by atoms with Gasteiger partial charge in [0, 0.05) is 5.56 Å². The molecule has 4 rings (SSSR count). The van der Waals surface area contributed by atoms with Gasteiger partial charge in [-0.25, -0.2) is 0 Å². The van der Waals surface area contributed by atoms with E-state index in [1.807, 2.05) is 6.92 Å². The van der Waals surface area contributed by atoms with Crippen LogP contribution in [-0.4, -0.2) is 34.9 Å². The van der Waals surface area contributed by atoms with Crippen LogP contribution in [0.25, 0.3) is 5.76 Å². The zero-order chi connectivity index (χ0) is 24.1. The van der Waals surface area contributed by atoms with Gasteiger partial charge in [0.15, 0.2) is 0 Å². The first-order chi connectivity index (χ1) is 16.5. The number of ketones is 1. The quantitative estimate of drug-likeness (QED) is 0.213. The molecular formula is C27H25NO6. The zero-order valence-corrected chi connectivity index (χ0v) is 18.8. The number of hydrogen-bond donors (Lipinski definition) is 1. The summed E-state index contributed by atoms with van der Waals surface area (Å²) in [6.45, 7) is 6.46. The Labute approximate surface area is 197 Å². The van der Waals surface area contributed by atoms with Gasteiger partial charge in [-0.15, -0.1) is 0 Å². The molecule has 174 valence electrons. The highest BCUT2D eigenvalue weighted by atomic mass is 16.5. The van der Waals surface area contributed by atoms with Gasteiger partial charge in [-0.05, 0) is 61.0 Å². The normalized spacial score (nSPS) is 17.1. The van der Waals surface area contributed by atoms with E-state index in [4.69, 9.17) is 13.9 Å². The molecule has 1 atom stereocenters. The second kappa shape index (κ2) is 10.1. The fraction of sp³-hybridized carbons (Fsp3) is 0.185. The summed E-state index contributed by atoms with van der Waals surface area (Å²) in [6.07, 6.45) is 3.15. The first kappa shape index (κ1) is 22.9. The van der Waals surface area contributed by atoms with Crippen molar-refractivity contribution in [3.05, 3.63) is 102 Å². The summed E-state index contributed by atoms with van der Waals surface area (Å²) in [5.41, 5.74) is 1.08. The van der Waals surface area contributed by atoms with Crippen molar-refractivity contribution >= 4 is 17.4 Å². The number of aliphatic hydroxyl groups excluding tert-OH is 1. The fourth-order valence-corrected chi connectivity index (χ4v) is 3.89. The predicted octanol–water partition coefficient (Wildman–Crippen LogP) is 4.87. The van der Waals surface area contributed by atoms with Gasteiger partial charge in [0.25, 0.3) is 11.7 Å². The van der Waals surface area contributed by atoms with Gasteiger partial charge in [-0.1, -0.05) is 24.8 Å². The lowest BCUT2D eigenvalue weighted by atomic mass is 9.95. The number of benzene rings is 2. The summed E-state index contributed by atoms with van der Waals surface area (Å²) in [4.78, 5) is 27.6. The number of amides is 1. The topological polar surface area (TPSA) is 89.2 Å². The summed E-state index contributed by atoms with van der Waals surface area (Å²) >= 11 is 0. The van der Waals surface area contributed by atoms with Crippen LogP contribution in [0.5, 0.6) is 11.5 Å². The molecule has 1 aliphatic rings. The van der Waals surface area contributed by atoms with E-state index < -0.39 is 17.7 Å². The molecule has 3 aromatic rings. The minimum atomic E-state index is -0.801. The van der Waals surface area contributed by atoms with Crippen LogP contribution in [0.3, 0.4) is 0 Å². The molecule has 1 aliphatic heterocycles. The average molecular weight is 459 g/mol. The Morgan fingerprint density at radius 3 is 2.35 bits per heavy atom. The lowest BCUT2D eigenvalue weighted by molar-refractivity contribution is -0.140. The lowest BCUT2D eigenvalue weighted by Crippen LogP contribution is -2.29. The van der Waals surface area contributed by atoms with Crippen molar-refractivity contribution in [3.63, 3.8) is 0 Å². The SMILES string of the molecule is C=CCOc1ccc(C2/C(=C(\O)c3ccc(OCC)cc3)C(=O)C(=O)N2Cc2ccco2)cc1. The minimum absolute atomic E-state index is 0.0143. The number of Topliss-reactive ketones (excluding diaryl/α,β-unsaturated/α-hetero) is 1. The number of hydrogen-bond acceptors (Lipinski definition) is 6. The second-order valence-corrected chi connectivity index (χ2v) is 7.63. The number of carbonyl (C=O) groups is 2. The van der Waals surface area contributed by atoms with E-state index in [-0.39, 0.29) is 17.9 Å². The predicted molar refractivity (Wildman–Crippen MR) is 126 cm³/mol. The van der Waals surface area contributed by atoms with E-state index in [9.17, 15) is 14.7 Å². The van der Waals surface area contributed by atoms with Crippen LogP contribution in [0.2, 0.25) is 0 Å². The third kappa shape index (κ3) is 4.59. The Bertz CT molecular complexity index is 1190. The van der Waals surface area contributed by atoms with Crippen LogP contribution in [-0.2, 0) is 16.1 Å². The number of nitrogens with zero attached hydrogens (tertiary/aromatic N) is 1. The molecule has 1 saturated heterocycles. The molecule has 0 radical (unpaired) electrons. The molecule has 1 N–H and O–H groups in total. The van der Waals surface area contributed by atoms with Crippen molar-refractivity contribution in [1.82, 2.24) is 4.90 Å². The van der Waals surface area contributed by atoms with Crippen molar-refractivity contribution in [2.45, 2.75) is 19.5 Å². The molecule has 1 unspecified atom stereocenters. The van der Waals surface area contributed by atoms with Crippen molar-refractivity contribution in [3.8, 4) is 11.5 Å². The highest BCUT2D eigenvalue weighted by Gasteiger charge is 2.46. The Balaban J connectivity index is 1.77. The Kier molecular flexibility index (Phi) is 6.82. The molecule has 1 fully saturated rings. The van der Waals surface area contributed by atoms with Crippen molar-refractivity contribution in [1.29, 1.82) is 0 Å². The number of carbonyl (C=O) groups excluding carboxylic acids is 2. The number of likely N-dealkylation sites (tertiary alicyclic amines) is 1. The second-order valence-electron chi connectivity index (χ2n) is 7.63. The standard InChI is InChI=1S/C27H25NO6/c1-3-15-33-21-11-7-18(8-12-21)24-23(25(29)19-9-13-20(14-10-19)32-4-2)26(30)27(31)28(24)17-22-6-5-16-34-22/h3,5-14,16,24,29H,1,4,15,17H2,2H3/b25-23+. The highest BCUT2D eigenvalue weighted by Crippen LogP contribution is 2.40. The molecule has 0 aliphatic carbocycles. The summed E-state index contributed by atoms with van der Waals surface area (Å²) in [6, 6.07) is 16.4. The van der Waals surface area contributed by atoms with Crippen molar-refractivity contribution in [2.24, 2.45) is 0 Å². The van der Waals surface area contributed by atoms with E-state index >= 15 is 0 Å². The first-order valence-corrected chi connectivity index (χ1v) is 10.9. The third-order valence-corrected chi connectivity index (χ3v) is 5.45. The summed E-state index contributed by atoms with van der Waals surface area (Å²) < 4.78 is 16.4. The smallest absolute Gasteiger partial charge is 0.296 e. The van der Waals surface area contributed by atoms with E-state index in [2.05, 4.69) is 6.58 Å². The highest BCUT2D eigenvalue weighted by molar-refractivity contribution is 6.46. The van der Waals surface area contributed by atoms with Gasteiger partial charge in [0.2, 0.25) is 0 Å². The zero-order valence-electron chi connectivity index (χ0n) is 18.8. The van der Waals surface area contributed by atoms with Gasteiger partial charge in [-0.2, -0.15) is 0 Å². The van der Waals surface area contributed by atoms with Crippen LogP contribution < -0.4 is 9.47 Å². The van der Waals surface area contributed by atoms with E-state index in [1.165, 1.54) is 11.2 Å². The Hall–Kier alpha value is -4.26. The number of ether oxygens (including phenoxy) is 2. The van der Waals surface area contributed by atoms with Crippen LogP contribution >= 0.6 is 0 Å². The molecule has 2 heterocycles.